The molecule has 90 valence electrons. The number of benzene rings is 1. The summed E-state index contributed by atoms with van der Waals surface area (Å²) in [6, 6.07) is 4.10. The molecule has 17 heavy (non-hydrogen) atoms. The topological polar surface area (TPSA) is 50.9 Å². The van der Waals surface area contributed by atoms with Crippen molar-refractivity contribution in [2.75, 3.05) is 0 Å². The van der Waals surface area contributed by atoms with Crippen molar-refractivity contribution in [3.05, 3.63) is 46.5 Å². The Morgan fingerprint density at radius 1 is 1.53 bits per heavy atom. The molecule has 6 heteroatoms. The highest BCUT2D eigenvalue weighted by Gasteiger charge is 2.14. The maximum absolute atomic E-state index is 12.9. The first-order valence-electron chi connectivity index (χ1n) is 5.04. The smallest absolute Gasteiger partial charge is 0.124 e. The third-order valence-electron chi connectivity index (χ3n) is 2.52. The van der Waals surface area contributed by atoms with Crippen molar-refractivity contribution in [3.63, 3.8) is 0 Å². The Bertz CT molecular complexity index is 529. The van der Waals surface area contributed by atoms with Crippen LogP contribution in [0.5, 0.6) is 0 Å². The molecule has 0 aliphatic heterocycles. The Labute approximate surface area is 103 Å². The summed E-state index contributed by atoms with van der Waals surface area (Å²) in [5.41, 5.74) is 1.27. The van der Waals surface area contributed by atoms with Crippen LogP contribution < -0.4 is 0 Å². The number of aliphatic hydroxyl groups is 1. The fourth-order valence-corrected chi connectivity index (χ4v) is 1.84. The molecule has 0 radical (unpaired) electrons. The van der Waals surface area contributed by atoms with E-state index < -0.39 is 11.9 Å². The van der Waals surface area contributed by atoms with Gasteiger partial charge in [0.05, 0.1) is 11.9 Å². The van der Waals surface area contributed by atoms with Crippen molar-refractivity contribution in [2.24, 2.45) is 7.05 Å². The lowest BCUT2D eigenvalue weighted by molar-refractivity contribution is 0.168. The van der Waals surface area contributed by atoms with Gasteiger partial charge in [-0.3, -0.25) is 0 Å². The summed E-state index contributed by atoms with van der Waals surface area (Å²) >= 11 is 5.89. The van der Waals surface area contributed by atoms with Crippen molar-refractivity contribution >= 4 is 11.6 Å². The fraction of sp³-hybridized carbons (Fsp3) is 0.273. The number of aryl methyl sites for hydroxylation is 1. The molecule has 0 amide bonds. The van der Waals surface area contributed by atoms with Crippen LogP contribution in [0, 0.1) is 5.82 Å². The maximum Gasteiger partial charge on any atom is 0.124 e. The van der Waals surface area contributed by atoms with Crippen LogP contribution in [-0.2, 0) is 13.5 Å². The van der Waals surface area contributed by atoms with E-state index in [1.807, 2.05) is 0 Å². The van der Waals surface area contributed by atoms with Gasteiger partial charge in [-0.1, -0.05) is 22.9 Å². The van der Waals surface area contributed by atoms with E-state index in [-0.39, 0.29) is 0 Å². The van der Waals surface area contributed by atoms with Gasteiger partial charge in [0, 0.05) is 18.5 Å². The normalized spacial score (nSPS) is 12.7. The molecule has 1 N–H and O–H groups in total. The van der Waals surface area contributed by atoms with Gasteiger partial charge in [0.25, 0.3) is 0 Å². The zero-order valence-electron chi connectivity index (χ0n) is 9.14. The van der Waals surface area contributed by atoms with Crippen LogP contribution in [0.1, 0.15) is 17.4 Å². The van der Waals surface area contributed by atoms with Crippen LogP contribution in [0.2, 0.25) is 5.02 Å². The molecule has 1 atom stereocenters. The van der Waals surface area contributed by atoms with E-state index in [4.69, 9.17) is 11.6 Å². The molecule has 1 heterocycles. The third kappa shape index (κ3) is 2.62. The first-order valence-corrected chi connectivity index (χ1v) is 5.42. The minimum Gasteiger partial charge on any atom is -0.386 e. The largest absolute Gasteiger partial charge is 0.386 e. The van der Waals surface area contributed by atoms with Gasteiger partial charge >= 0.3 is 0 Å². The molecule has 0 aliphatic carbocycles. The molecule has 0 spiro atoms. The predicted octanol–water partition coefficient (Wildman–Crippen LogP) is 1.88. The van der Waals surface area contributed by atoms with E-state index in [1.54, 1.807) is 13.1 Å². The van der Waals surface area contributed by atoms with Crippen molar-refractivity contribution in [1.82, 2.24) is 15.0 Å². The molecule has 2 aromatic rings. The summed E-state index contributed by atoms with van der Waals surface area (Å²) in [6.07, 6.45) is 1.01. The molecule has 0 aliphatic rings. The van der Waals surface area contributed by atoms with Gasteiger partial charge in [-0.15, -0.1) is 5.10 Å². The van der Waals surface area contributed by atoms with Gasteiger partial charge in [-0.05, 0) is 17.7 Å². The molecule has 1 aromatic carbocycles. The van der Waals surface area contributed by atoms with Gasteiger partial charge in [-0.2, -0.15) is 0 Å². The summed E-state index contributed by atoms with van der Waals surface area (Å²) < 4.78 is 14.3. The lowest BCUT2D eigenvalue weighted by Gasteiger charge is -2.11. The highest BCUT2D eigenvalue weighted by atomic mass is 35.5. The molecule has 0 saturated heterocycles. The molecule has 1 unspecified atom stereocenters. The first kappa shape index (κ1) is 12.0. The summed E-state index contributed by atoms with van der Waals surface area (Å²) in [5.74, 6) is -0.393. The summed E-state index contributed by atoms with van der Waals surface area (Å²) in [4.78, 5) is 0. The van der Waals surface area contributed by atoms with Crippen LogP contribution in [-0.4, -0.2) is 20.1 Å². The van der Waals surface area contributed by atoms with Gasteiger partial charge in [0.1, 0.15) is 11.9 Å². The molecule has 0 fully saturated rings. The van der Waals surface area contributed by atoms with Crippen LogP contribution in [0.3, 0.4) is 0 Å². The Balaban J connectivity index is 2.19. The molecular weight excluding hydrogens is 245 g/mol. The van der Waals surface area contributed by atoms with Gasteiger partial charge in [-0.25, -0.2) is 9.07 Å². The van der Waals surface area contributed by atoms with Crippen LogP contribution in [0.4, 0.5) is 4.39 Å². The minimum atomic E-state index is -0.766. The molecule has 4 nitrogen and oxygen atoms in total. The number of hydrogen-bond donors (Lipinski definition) is 1. The second kappa shape index (κ2) is 4.81. The monoisotopic (exact) mass is 255 g/mol. The fourth-order valence-electron chi connectivity index (χ4n) is 1.60. The van der Waals surface area contributed by atoms with Crippen molar-refractivity contribution < 1.29 is 9.50 Å². The second-order valence-electron chi connectivity index (χ2n) is 3.74. The van der Waals surface area contributed by atoms with E-state index in [0.717, 1.165) is 0 Å². The van der Waals surface area contributed by atoms with E-state index in [0.29, 0.717) is 22.7 Å². The van der Waals surface area contributed by atoms with Crippen molar-refractivity contribution in [3.8, 4) is 0 Å². The summed E-state index contributed by atoms with van der Waals surface area (Å²) in [6.45, 7) is 0. The molecule has 0 bridgehead atoms. The highest BCUT2D eigenvalue weighted by molar-refractivity contribution is 6.31. The second-order valence-corrected chi connectivity index (χ2v) is 4.15. The SMILES string of the molecule is Cn1nncc1C(O)Cc1ccc(F)cc1Cl. The standard InChI is InChI=1S/C11H11ClFN3O/c1-16-10(6-14-15-16)11(17)4-7-2-3-8(13)5-9(7)12/h2-3,5-6,11,17H,4H2,1H3. The number of aliphatic hydroxyl groups excluding tert-OH is 1. The number of rotatable bonds is 3. The van der Waals surface area contributed by atoms with Crippen molar-refractivity contribution in [1.29, 1.82) is 0 Å². The van der Waals surface area contributed by atoms with Crippen LogP contribution >= 0.6 is 11.6 Å². The van der Waals surface area contributed by atoms with Gasteiger partial charge in [0.2, 0.25) is 0 Å². The zero-order valence-corrected chi connectivity index (χ0v) is 9.89. The minimum absolute atomic E-state index is 0.292. The Morgan fingerprint density at radius 2 is 2.29 bits per heavy atom. The highest BCUT2D eigenvalue weighted by Crippen LogP contribution is 2.23. The van der Waals surface area contributed by atoms with E-state index in [9.17, 15) is 9.50 Å². The molecular formula is C11H11ClFN3O. The van der Waals surface area contributed by atoms with Crippen molar-refractivity contribution in [2.45, 2.75) is 12.5 Å². The number of hydrogen-bond acceptors (Lipinski definition) is 3. The lowest BCUT2D eigenvalue weighted by atomic mass is 10.1. The number of aromatic nitrogens is 3. The Kier molecular flexibility index (Phi) is 3.40. The van der Waals surface area contributed by atoms with Crippen LogP contribution in [0.25, 0.3) is 0 Å². The lowest BCUT2D eigenvalue weighted by Crippen LogP contribution is -2.08. The average molecular weight is 256 g/mol. The summed E-state index contributed by atoms with van der Waals surface area (Å²) in [7, 11) is 1.69. The zero-order chi connectivity index (χ0) is 12.4. The van der Waals surface area contributed by atoms with Gasteiger partial charge < -0.3 is 5.11 Å². The average Bonchev–Trinajstić information content (AvgIpc) is 2.68. The van der Waals surface area contributed by atoms with Crippen LogP contribution in [0.15, 0.2) is 24.4 Å². The van der Waals surface area contributed by atoms with E-state index >= 15 is 0 Å². The molecule has 1 aromatic heterocycles. The van der Waals surface area contributed by atoms with E-state index in [2.05, 4.69) is 10.3 Å². The van der Waals surface area contributed by atoms with E-state index in [1.165, 1.54) is 23.0 Å². The number of nitrogens with zero attached hydrogens (tertiary/aromatic N) is 3. The molecule has 2 rings (SSSR count). The quantitative estimate of drug-likeness (QED) is 0.911. The number of halogens is 2. The van der Waals surface area contributed by atoms with Gasteiger partial charge in [0.15, 0.2) is 0 Å². The Hall–Kier alpha value is -1.46. The Morgan fingerprint density at radius 3 is 2.88 bits per heavy atom. The summed E-state index contributed by atoms with van der Waals surface area (Å²) in [5, 5.41) is 17.7. The maximum atomic E-state index is 12.9. The predicted molar refractivity (Wildman–Crippen MR) is 61.1 cm³/mol. The molecule has 0 saturated carbocycles. The first-order chi connectivity index (χ1) is 8.08. The third-order valence-corrected chi connectivity index (χ3v) is 2.87.